The van der Waals surface area contributed by atoms with E-state index in [0.29, 0.717) is 0 Å². The number of nitrogens with one attached hydrogen (secondary N) is 1. The van der Waals surface area contributed by atoms with Gasteiger partial charge in [-0.15, -0.1) is 0 Å². The third kappa shape index (κ3) is 19.5. The normalized spacial score (nSPS) is 7.25. The van der Waals surface area contributed by atoms with E-state index < -0.39 is 0 Å². The van der Waals surface area contributed by atoms with Crippen molar-refractivity contribution in [1.82, 2.24) is 5.32 Å². The molecule has 2 nitrogen and oxygen atoms in total. The first-order chi connectivity index (χ1) is 3.91. The minimum absolute atomic E-state index is 1.40. The molecule has 0 atom stereocenters. The number of hydrogen-bond acceptors (Lipinski definition) is 2. The van der Waals surface area contributed by atoms with Gasteiger partial charge in [0.2, 0.25) is 0 Å². The van der Waals surface area contributed by atoms with Crippen LogP contribution in [-0.2, 0) is 0 Å². The highest BCUT2D eigenvalue weighted by atomic mass is 14.8. The lowest BCUT2D eigenvalue weighted by atomic mass is 10.9. The summed E-state index contributed by atoms with van der Waals surface area (Å²) in [5.41, 5.74) is 4.92. The monoisotopic (exact) mass is 114 g/mol. The average molecular weight is 114 g/mol. The first-order valence-electron chi connectivity index (χ1n) is 2.65. The third-order valence-corrected chi connectivity index (χ3v) is 0.310. The number of hydrogen-bond donors (Lipinski definition) is 2. The van der Waals surface area contributed by atoms with Gasteiger partial charge < -0.3 is 11.1 Å². The summed E-state index contributed by atoms with van der Waals surface area (Å²) in [4.78, 5) is 0. The summed E-state index contributed by atoms with van der Waals surface area (Å²) in [6, 6.07) is 0. The minimum atomic E-state index is 1.40. The van der Waals surface area contributed by atoms with Crippen LogP contribution in [0.15, 0.2) is 25.2 Å². The molecule has 0 bridgehead atoms. The SMILES string of the molecule is C=CN/C=C\N.CC. The maximum absolute atomic E-state index is 4.92. The molecule has 0 unspecified atom stereocenters. The highest BCUT2D eigenvalue weighted by molar-refractivity contribution is 4.78. The lowest BCUT2D eigenvalue weighted by molar-refractivity contribution is 1.19. The second kappa shape index (κ2) is 16.5. The first kappa shape index (κ1) is 10.1. The molecule has 0 aliphatic carbocycles. The van der Waals surface area contributed by atoms with E-state index >= 15 is 0 Å². The van der Waals surface area contributed by atoms with Gasteiger partial charge in [0.1, 0.15) is 0 Å². The van der Waals surface area contributed by atoms with Gasteiger partial charge in [0.05, 0.1) is 0 Å². The smallest absolute Gasteiger partial charge is 0.0161 e. The van der Waals surface area contributed by atoms with Crippen LogP contribution in [0.1, 0.15) is 13.8 Å². The Labute approximate surface area is 51.1 Å². The van der Waals surface area contributed by atoms with Crippen molar-refractivity contribution in [3.63, 3.8) is 0 Å². The van der Waals surface area contributed by atoms with Crippen LogP contribution in [0.2, 0.25) is 0 Å². The molecule has 0 aliphatic heterocycles. The maximum atomic E-state index is 4.92. The minimum Gasteiger partial charge on any atom is -0.403 e. The molecule has 8 heavy (non-hydrogen) atoms. The summed E-state index contributed by atoms with van der Waals surface area (Å²) < 4.78 is 0. The van der Waals surface area contributed by atoms with Gasteiger partial charge in [-0.25, -0.2) is 0 Å². The summed E-state index contributed by atoms with van der Waals surface area (Å²) in [6.45, 7) is 7.38. The van der Waals surface area contributed by atoms with Crippen LogP contribution in [0.25, 0.3) is 0 Å². The Hall–Kier alpha value is -0.920. The van der Waals surface area contributed by atoms with Crippen LogP contribution in [0.4, 0.5) is 0 Å². The molecule has 0 radical (unpaired) electrons. The van der Waals surface area contributed by atoms with Gasteiger partial charge in [-0.3, -0.25) is 0 Å². The molecule has 0 aromatic rings. The Balaban J connectivity index is 0. The van der Waals surface area contributed by atoms with E-state index in [1.807, 2.05) is 13.8 Å². The number of rotatable bonds is 2. The number of nitrogens with two attached hydrogens (primary N) is 1. The summed E-state index contributed by atoms with van der Waals surface area (Å²) in [7, 11) is 0. The van der Waals surface area contributed by atoms with Crippen LogP contribution in [-0.4, -0.2) is 0 Å². The van der Waals surface area contributed by atoms with E-state index in [1.165, 1.54) is 6.20 Å². The van der Waals surface area contributed by atoms with Gasteiger partial charge in [-0.2, -0.15) is 0 Å². The lowest BCUT2D eigenvalue weighted by Gasteiger charge is -1.79. The average Bonchev–Trinajstić information content (AvgIpc) is 1.88. The molecule has 48 valence electrons. The van der Waals surface area contributed by atoms with E-state index in [0.717, 1.165) is 0 Å². The van der Waals surface area contributed by atoms with Gasteiger partial charge in [-0.1, -0.05) is 20.4 Å². The maximum Gasteiger partial charge on any atom is 0.0161 e. The van der Waals surface area contributed by atoms with Crippen LogP contribution >= 0.6 is 0 Å². The van der Waals surface area contributed by atoms with E-state index in [2.05, 4.69) is 11.9 Å². The zero-order valence-electron chi connectivity index (χ0n) is 5.52. The van der Waals surface area contributed by atoms with Crippen molar-refractivity contribution < 1.29 is 0 Å². The van der Waals surface area contributed by atoms with Crippen molar-refractivity contribution in [2.24, 2.45) is 5.73 Å². The highest BCUT2D eigenvalue weighted by Gasteiger charge is 1.50. The van der Waals surface area contributed by atoms with Crippen molar-refractivity contribution >= 4 is 0 Å². The van der Waals surface area contributed by atoms with Crippen molar-refractivity contribution in [3.8, 4) is 0 Å². The zero-order chi connectivity index (χ0) is 6.83. The Morgan fingerprint density at radius 3 is 2.12 bits per heavy atom. The van der Waals surface area contributed by atoms with Crippen molar-refractivity contribution in [2.45, 2.75) is 13.8 Å². The van der Waals surface area contributed by atoms with Gasteiger partial charge >= 0.3 is 0 Å². The molecule has 0 aliphatic rings. The van der Waals surface area contributed by atoms with Crippen molar-refractivity contribution in [2.75, 3.05) is 0 Å². The van der Waals surface area contributed by atoms with Crippen LogP contribution in [0.5, 0.6) is 0 Å². The van der Waals surface area contributed by atoms with E-state index in [9.17, 15) is 0 Å². The molecule has 0 spiro atoms. The Morgan fingerprint density at radius 1 is 1.50 bits per heavy atom. The molecule has 0 aromatic heterocycles. The summed E-state index contributed by atoms with van der Waals surface area (Å²) >= 11 is 0. The van der Waals surface area contributed by atoms with Crippen LogP contribution in [0, 0.1) is 0 Å². The molecule has 0 saturated carbocycles. The van der Waals surface area contributed by atoms with E-state index in [1.54, 1.807) is 12.4 Å². The Bertz CT molecular complexity index is 57.5. The Morgan fingerprint density at radius 2 is 2.00 bits per heavy atom. The molecule has 2 heteroatoms. The molecule has 0 saturated heterocycles. The molecule has 0 rings (SSSR count). The topological polar surface area (TPSA) is 38.0 Å². The molecule has 0 heterocycles. The summed E-state index contributed by atoms with van der Waals surface area (Å²) in [6.07, 6.45) is 4.54. The molecule has 0 fully saturated rings. The summed E-state index contributed by atoms with van der Waals surface area (Å²) in [5.74, 6) is 0. The summed E-state index contributed by atoms with van der Waals surface area (Å²) in [5, 5.41) is 2.66. The first-order valence-corrected chi connectivity index (χ1v) is 2.65. The molecule has 0 amide bonds. The second-order valence-electron chi connectivity index (χ2n) is 0.730. The third-order valence-electron chi connectivity index (χ3n) is 0.310. The molecular weight excluding hydrogens is 100 g/mol. The molecule has 3 N–H and O–H groups in total. The van der Waals surface area contributed by atoms with Crippen LogP contribution in [0.3, 0.4) is 0 Å². The second-order valence-corrected chi connectivity index (χ2v) is 0.730. The van der Waals surface area contributed by atoms with Gasteiger partial charge in [0, 0.05) is 12.4 Å². The quantitative estimate of drug-likeness (QED) is 0.565. The zero-order valence-corrected chi connectivity index (χ0v) is 5.52. The standard InChI is InChI=1S/C4H8N2.C2H6/c1-2-6-4-3-5;1-2/h2-4,6H,1,5H2;1-2H3/b4-3-;. The van der Waals surface area contributed by atoms with Crippen molar-refractivity contribution in [1.29, 1.82) is 0 Å². The Kier molecular flexibility index (Phi) is 21.0. The highest BCUT2D eigenvalue weighted by Crippen LogP contribution is 1.51. The van der Waals surface area contributed by atoms with E-state index in [-0.39, 0.29) is 0 Å². The molecular formula is C6H14N2. The lowest BCUT2D eigenvalue weighted by Crippen LogP contribution is -1.91. The predicted molar refractivity (Wildman–Crippen MR) is 38.0 cm³/mol. The molecule has 0 aromatic carbocycles. The fourth-order valence-corrected chi connectivity index (χ4v) is 0.124. The fraction of sp³-hybridized carbons (Fsp3) is 0.333. The van der Waals surface area contributed by atoms with Gasteiger partial charge in [0.15, 0.2) is 0 Å². The van der Waals surface area contributed by atoms with Crippen LogP contribution < -0.4 is 11.1 Å². The van der Waals surface area contributed by atoms with Crippen molar-refractivity contribution in [3.05, 3.63) is 25.2 Å². The fourth-order valence-electron chi connectivity index (χ4n) is 0.124. The van der Waals surface area contributed by atoms with E-state index in [4.69, 9.17) is 5.73 Å². The largest absolute Gasteiger partial charge is 0.403 e. The van der Waals surface area contributed by atoms with Gasteiger partial charge in [-0.05, 0) is 6.20 Å². The predicted octanol–water partition coefficient (Wildman–Crippen LogP) is 1.18. The van der Waals surface area contributed by atoms with Gasteiger partial charge in [0.25, 0.3) is 0 Å².